The van der Waals surface area contributed by atoms with Crippen LogP contribution < -0.4 is 0 Å². The van der Waals surface area contributed by atoms with Crippen molar-refractivity contribution in [3.05, 3.63) is 70.8 Å². The molecule has 0 N–H and O–H groups in total. The van der Waals surface area contributed by atoms with Crippen LogP contribution in [0, 0.1) is 0 Å². The van der Waals surface area contributed by atoms with Gasteiger partial charge in [0.05, 0.1) is 11.1 Å². The van der Waals surface area contributed by atoms with Crippen LogP contribution in [0.1, 0.15) is 27.0 Å². The van der Waals surface area contributed by atoms with E-state index in [0.29, 0.717) is 33.8 Å². The number of hydrogen-bond acceptors (Lipinski definition) is 3. The summed E-state index contributed by atoms with van der Waals surface area (Å²) in [5.41, 5.74) is 1.77. The molecule has 0 radical (unpaired) electrons. The molecule has 0 fully saturated rings. The number of nitrogens with zero attached hydrogens (tertiary/aromatic N) is 3. The maximum Gasteiger partial charge on any atom is 0.416 e. The first-order valence-electron chi connectivity index (χ1n) is 7.01. The van der Waals surface area contributed by atoms with Gasteiger partial charge in [0.2, 0.25) is 0 Å². The van der Waals surface area contributed by atoms with E-state index >= 15 is 0 Å². The van der Waals surface area contributed by atoms with Gasteiger partial charge in [0.25, 0.3) is 5.91 Å². The molecule has 2 aliphatic rings. The Morgan fingerprint density at radius 3 is 2.04 bits per heavy atom. The van der Waals surface area contributed by atoms with Crippen LogP contribution in [0.3, 0.4) is 0 Å². The lowest BCUT2D eigenvalue weighted by Gasteiger charge is -2.14. The van der Waals surface area contributed by atoms with Crippen LogP contribution in [0.25, 0.3) is 0 Å². The number of hydrogen-bond donors (Lipinski definition) is 0. The Bertz CT molecular complexity index is 954. The van der Waals surface area contributed by atoms with Crippen molar-refractivity contribution >= 4 is 23.0 Å². The number of alkyl halides is 3. The maximum atomic E-state index is 12.7. The van der Waals surface area contributed by atoms with Crippen LogP contribution in [0.5, 0.6) is 0 Å². The minimum absolute atomic E-state index is 0.290. The van der Waals surface area contributed by atoms with Gasteiger partial charge in [-0.05, 0) is 18.2 Å². The molecule has 0 saturated carbocycles. The fourth-order valence-electron chi connectivity index (χ4n) is 2.64. The van der Waals surface area contributed by atoms with Gasteiger partial charge in [-0.3, -0.25) is 4.79 Å². The van der Waals surface area contributed by atoms with Crippen molar-refractivity contribution in [3.8, 4) is 0 Å². The molecule has 0 aliphatic carbocycles. The highest BCUT2D eigenvalue weighted by molar-refractivity contribution is 6.77. The molecule has 4 nitrogen and oxygen atoms in total. The average Bonchev–Trinajstić information content (AvgIpc) is 2.98. The van der Waals surface area contributed by atoms with E-state index < -0.39 is 17.6 Å². The monoisotopic (exact) mass is 327 g/mol. The smallest absolute Gasteiger partial charge is 0.267 e. The fraction of sp³-hybridized carbons (Fsp3) is 0.0588. The highest BCUT2D eigenvalue weighted by atomic mass is 19.4. The summed E-state index contributed by atoms with van der Waals surface area (Å²) in [6.07, 6.45) is -4.41. The zero-order chi connectivity index (χ0) is 16.9. The number of halogens is 3. The molecule has 0 bridgehead atoms. The normalized spacial score (nSPS) is 16.1. The summed E-state index contributed by atoms with van der Waals surface area (Å²) < 4.78 is 38.0. The van der Waals surface area contributed by atoms with Crippen molar-refractivity contribution < 1.29 is 18.0 Å². The van der Waals surface area contributed by atoms with Gasteiger partial charge in [0.1, 0.15) is 17.1 Å². The molecule has 0 atom stereocenters. The maximum absolute atomic E-state index is 12.7. The molecule has 118 valence electrons. The van der Waals surface area contributed by atoms with Crippen LogP contribution in [0.2, 0.25) is 0 Å². The summed E-state index contributed by atoms with van der Waals surface area (Å²) in [4.78, 5) is 16.2. The molecule has 0 unspecified atom stereocenters. The first-order chi connectivity index (χ1) is 11.4. The number of carbonyl (C=O) groups excluding carboxylic acids is 1. The standard InChI is InChI=1S/C17H8F3N3O/c18-17(19,20)10-7-5-9(6-8-10)13-15-14(23-22-13)11-3-1-2-4-12(11)16(24)21-15/h1-8H. The SMILES string of the molecule is O=C1N=C2C(c3ccc(C(F)(F)F)cc3)=NN=C2c2ccccc21. The predicted molar refractivity (Wildman–Crippen MR) is 82.7 cm³/mol. The van der Waals surface area contributed by atoms with Crippen molar-refractivity contribution in [1.82, 2.24) is 0 Å². The van der Waals surface area contributed by atoms with Crippen molar-refractivity contribution in [3.63, 3.8) is 0 Å². The Morgan fingerprint density at radius 2 is 1.38 bits per heavy atom. The quantitative estimate of drug-likeness (QED) is 0.791. The van der Waals surface area contributed by atoms with Crippen LogP contribution in [0.15, 0.2) is 63.7 Å². The van der Waals surface area contributed by atoms with Crippen LogP contribution in [-0.2, 0) is 6.18 Å². The van der Waals surface area contributed by atoms with Gasteiger partial charge in [-0.25, -0.2) is 4.99 Å². The van der Waals surface area contributed by atoms with Crippen LogP contribution >= 0.6 is 0 Å². The van der Waals surface area contributed by atoms with Crippen molar-refractivity contribution in [2.45, 2.75) is 6.18 Å². The second kappa shape index (κ2) is 4.95. The number of aliphatic imine (C=N–C) groups is 1. The molecule has 0 saturated heterocycles. The third-order valence-corrected chi connectivity index (χ3v) is 3.81. The van der Waals surface area contributed by atoms with Gasteiger partial charge in [-0.1, -0.05) is 30.3 Å². The van der Waals surface area contributed by atoms with E-state index in [4.69, 9.17) is 0 Å². The minimum Gasteiger partial charge on any atom is -0.267 e. The number of benzene rings is 2. The summed E-state index contributed by atoms with van der Waals surface area (Å²) in [5.74, 6) is -0.416. The first-order valence-corrected chi connectivity index (χ1v) is 7.01. The Hall–Kier alpha value is -3.09. The zero-order valence-electron chi connectivity index (χ0n) is 12.0. The van der Waals surface area contributed by atoms with Crippen molar-refractivity contribution in [2.75, 3.05) is 0 Å². The number of rotatable bonds is 1. The van der Waals surface area contributed by atoms with E-state index in [9.17, 15) is 18.0 Å². The van der Waals surface area contributed by atoms with E-state index in [2.05, 4.69) is 15.2 Å². The molecule has 1 amide bonds. The van der Waals surface area contributed by atoms with E-state index in [1.165, 1.54) is 12.1 Å². The van der Waals surface area contributed by atoms with Gasteiger partial charge < -0.3 is 0 Å². The summed E-state index contributed by atoms with van der Waals surface area (Å²) in [7, 11) is 0. The van der Waals surface area contributed by atoms with Crippen LogP contribution in [0.4, 0.5) is 13.2 Å². The molecule has 2 aromatic rings. The molecule has 7 heteroatoms. The molecular weight excluding hydrogens is 319 g/mol. The van der Waals surface area contributed by atoms with Gasteiger partial charge in [-0.2, -0.15) is 13.2 Å². The average molecular weight is 327 g/mol. The largest absolute Gasteiger partial charge is 0.416 e. The van der Waals surface area contributed by atoms with Crippen molar-refractivity contribution in [2.24, 2.45) is 15.2 Å². The third kappa shape index (κ3) is 2.17. The lowest BCUT2D eigenvalue weighted by molar-refractivity contribution is -0.137. The van der Waals surface area contributed by atoms with E-state index in [1.807, 2.05) is 0 Å². The van der Waals surface area contributed by atoms with Gasteiger partial charge >= 0.3 is 6.18 Å². The Morgan fingerprint density at radius 1 is 0.750 bits per heavy atom. The van der Waals surface area contributed by atoms with Gasteiger partial charge in [-0.15, -0.1) is 10.2 Å². The predicted octanol–water partition coefficient (Wildman–Crippen LogP) is 3.51. The molecule has 2 aromatic carbocycles. The van der Waals surface area contributed by atoms with E-state index in [-0.39, 0.29) is 0 Å². The second-order valence-electron chi connectivity index (χ2n) is 5.28. The number of amides is 1. The van der Waals surface area contributed by atoms with Gasteiger partial charge in [0, 0.05) is 11.1 Å². The lowest BCUT2D eigenvalue weighted by atomic mass is 9.92. The molecule has 0 spiro atoms. The topological polar surface area (TPSA) is 54.1 Å². The van der Waals surface area contributed by atoms with Crippen molar-refractivity contribution in [1.29, 1.82) is 0 Å². The third-order valence-electron chi connectivity index (χ3n) is 3.81. The lowest BCUT2D eigenvalue weighted by Crippen LogP contribution is -2.28. The summed E-state index contributed by atoms with van der Waals surface area (Å²) >= 11 is 0. The minimum atomic E-state index is -4.41. The number of fused-ring (bicyclic) bond motifs is 3. The van der Waals surface area contributed by atoms with E-state index in [1.54, 1.807) is 24.3 Å². The van der Waals surface area contributed by atoms with Gasteiger partial charge in [0.15, 0.2) is 0 Å². The van der Waals surface area contributed by atoms with E-state index in [0.717, 1.165) is 12.1 Å². The molecule has 24 heavy (non-hydrogen) atoms. The number of carbonyl (C=O) groups is 1. The molecular formula is C17H8F3N3O. The Balaban J connectivity index is 1.73. The first kappa shape index (κ1) is 14.5. The molecule has 0 aromatic heterocycles. The van der Waals surface area contributed by atoms with Crippen LogP contribution in [-0.4, -0.2) is 23.0 Å². The Kier molecular flexibility index (Phi) is 2.99. The Labute approximate surface area is 134 Å². The zero-order valence-corrected chi connectivity index (χ0v) is 12.0. The fourth-order valence-corrected chi connectivity index (χ4v) is 2.64. The molecule has 4 rings (SSSR count). The molecule has 2 aliphatic heterocycles. The highest BCUT2D eigenvalue weighted by Crippen LogP contribution is 2.30. The summed E-state index contributed by atoms with van der Waals surface area (Å²) in [6, 6.07) is 11.4. The molecule has 2 heterocycles. The summed E-state index contributed by atoms with van der Waals surface area (Å²) in [6.45, 7) is 0. The summed E-state index contributed by atoms with van der Waals surface area (Å²) in [5, 5.41) is 8.08. The highest BCUT2D eigenvalue weighted by Gasteiger charge is 2.33. The second-order valence-corrected chi connectivity index (χ2v) is 5.28.